The molecule has 1 saturated heterocycles. The van der Waals surface area contributed by atoms with E-state index in [0.717, 1.165) is 29.3 Å². The molecular formula is C14H21N5. The molecule has 0 spiro atoms. The highest BCUT2D eigenvalue weighted by atomic mass is 15.2. The maximum Gasteiger partial charge on any atom is 0.160 e. The Morgan fingerprint density at radius 1 is 1.42 bits per heavy atom. The zero-order valence-corrected chi connectivity index (χ0v) is 11.6. The summed E-state index contributed by atoms with van der Waals surface area (Å²) in [5, 5.41) is 8.04. The molecule has 1 aliphatic rings. The Morgan fingerprint density at radius 2 is 2.32 bits per heavy atom. The predicted molar refractivity (Wildman–Crippen MR) is 76.1 cm³/mol. The van der Waals surface area contributed by atoms with Crippen molar-refractivity contribution in [1.82, 2.24) is 20.2 Å². The van der Waals surface area contributed by atoms with Gasteiger partial charge in [0, 0.05) is 12.6 Å². The molecule has 1 unspecified atom stereocenters. The van der Waals surface area contributed by atoms with Crippen LogP contribution in [-0.2, 0) is 0 Å². The SMILES string of the molecule is CC(C)CCC1CCCN1c1ncnc2[nH]ncc12. The standard InChI is InChI=1S/C14H21N5/c1-10(2)5-6-11-4-3-7-19(11)14-12-8-17-18-13(12)15-9-16-14/h8-11H,3-7H2,1-2H3,(H,15,16,17,18). The van der Waals surface area contributed by atoms with Gasteiger partial charge in [-0.1, -0.05) is 13.8 Å². The molecule has 2 aromatic heterocycles. The minimum atomic E-state index is 0.621. The lowest BCUT2D eigenvalue weighted by molar-refractivity contribution is 0.494. The summed E-state index contributed by atoms with van der Waals surface area (Å²) >= 11 is 0. The number of anilines is 1. The first kappa shape index (κ1) is 12.4. The van der Waals surface area contributed by atoms with E-state index in [4.69, 9.17) is 0 Å². The number of fused-ring (bicyclic) bond motifs is 1. The van der Waals surface area contributed by atoms with Crippen molar-refractivity contribution in [2.45, 2.75) is 45.6 Å². The van der Waals surface area contributed by atoms with E-state index in [-0.39, 0.29) is 0 Å². The minimum absolute atomic E-state index is 0.621. The fraction of sp³-hybridized carbons (Fsp3) is 0.643. The Morgan fingerprint density at radius 3 is 3.16 bits per heavy atom. The summed E-state index contributed by atoms with van der Waals surface area (Å²) in [6.45, 7) is 5.68. The van der Waals surface area contributed by atoms with E-state index in [1.807, 2.05) is 6.20 Å². The molecule has 3 heterocycles. The molecule has 0 saturated carbocycles. The van der Waals surface area contributed by atoms with Gasteiger partial charge < -0.3 is 4.90 Å². The van der Waals surface area contributed by atoms with E-state index in [9.17, 15) is 0 Å². The first-order valence-corrected chi connectivity index (χ1v) is 7.16. The molecule has 5 nitrogen and oxygen atoms in total. The molecule has 2 aromatic rings. The Bertz CT molecular complexity index is 548. The monoisotopic (exact) mass is 259 g/mol. The Kier molecular flexibility index (Phi) is 3.36. The molecule has 1 N–H and O–H groups in total. The van der Waals surface area contributed by atoms with Gasteiger partial charge in [0.25, 0.3) is 0 Å². The molecule has 19 heavy (non-hydrogen) atoms. The van der Waals surface area contributed by atoms with Gasteiger partial charge >= 0.3 is 0 Å². The third-order valence-electron chi connectivity index (χ3n) is 3.95. The van der Waals surface area contributed by atoms with Gasteiger partial charge in [0.1, 0.15) is 12.1 Å². The van der Waals surface area contributed by atoms with E-state index in [1.54, 1.807) is 6.33 Å². The molecule has 0 bridgehead atoms. The number of rotatable bonds is 4. The molecule has 102 valence electrons. The van der Waals surface area contributed by atoms with Crippen molar-refractivity contribution in [2.75, 3.05) is 11.4 Å². The predicted octanol–water partition coefficient (Wildman–Crippen LogP) is 2.76. The second-order valence-corrected chi connectivity index (χ2v) is 5.79. The van der Waals surface area contributed by atoms with Gasteiger partial charge in [-0.05, 0) is 31.6 Å². The number of nitrogens with zero attached hydrogens (tertiary/aromatic N) is 4. The molecule has 5 heteroatoms. The van der Waals surface area contributed by atoms with Gasteiger partial charge in [0.2, 0.25) is 0 Å². The van der Waals surface area contributed by atoms with Crippen LogP contribution in [-0.4, -0.2) is 32.8 Å². The van der Waals surface area contributed by atoms with Gasteiger partial charge in [0.15, 0.2) is 5.65 Å². The lowest BCUT2D eigenvalue weighted by Gasteiger charge is -2.26. The third-order valence-corrected chi connectivity index (χ3v) is 3.95. The Balaban J connectivity index is 1.85. The van der Waals surface area contributed by atoms with Crippen LogP contribution in [0.5, 0.6) is 0 Å². The van der Waals surface area contributed by atoms with Crippen LogP contribution in [0.25, 0.3) is 11.0 Å². The summed E-state index contributed by atoms with van der Waals surface area (Å²) in [5.74, 6) is 1.81. The molecule has 0 radical (unpaired) electrons. The summed E-state index contributed by atoms with van der Waals surface area (Å²) in [7, 11) is 0. The second kappa shape index (κ2) is 5.15. The van der Waals surface area contributed by atoms with Gasteiger partial charge in [-0.15, -0.1) is 0 Å². The molecule has 1 fully saturated rings. The van der Waals surface area contributed by atoms with E-state index in [2.05, 4.69) is 38.9 Å². The number of hydrogen-bond acceptors (Lipinski definition) is 4. The van der Waals surface area contributed by atoms with Crippen LogP contribution in [0.4, 0.5) is 5.82 Å². The number of H-pyrrole nitrogens is 1. The second-order valence-electron chi connectivity index (χ2n) is 5.79. The van der Waals surface area contributed by atoms with Crippen molar-refractivity contribution in [3.8, 4) is 0 Å². The van der Waals surface area contributed by atoms with Crippen LogP contribution < -0.4 is 4.90 Å². The number of hydrogen-bond donors (Lipinski definition) is 1. The zero-order chi connectivity index (χ0) is 13.2. The normalized spacial score (nSPS) is 19.7. The minimum Gasteiger partial charge on any atom is -0.353 e. The summed E-state index contributed by atoms with van der Waals surface area (Å²) in [6, 6.07) is 0.621. The van der Waals surface area contributed by atoms with E-state index >= 15 is 0 Å². The van der Waals surface area contributed by atoms with Crippen molar-refractivity contribution in [3.63, 3.8) is 0 Å². The maximum absolute atomic E-state index is 4.49. The lowest BCUT2D eigenvalue weighted by atomic mass is 10.0. The van der Waals surface area contributed by atoms with E-state index in [0.29, 0.717) is 6.04 Å². The van der Waals surface area contributed by atoms with Crippen molar-refractivity contribution in [2.24, 2.45) is 5.92 Å². The molecule has 3 rings (SSSR count). The molecule has 0 amide bonds. The quantitative estimate of drug-likeness (QED) is 0.917. The van der Waals surface area contributed by atoms with Crippen molar-refractivity contribution in [3.05, 3.63) is 12.5 Å². The van der Waals surface area contributed by atoms with E-state index < -0.39 is 0 Å². The average Bonchev–Trinajstić information content (AvgIpc) is 3.04. The molecule has 0 aromatic carbocycles. The van der Waals surface area contributed by atoms with E-state index in [1.165, 1.54) is 25.7 Å². The smallest absolute Gasteiger partial charge is 0.160 e. The lowest BCUT2D eigenvalue weighted by Crippen LogP contribution is -2.30. The first-order valence-electron chi connectivity index (χ1n) is 7.16. The van der Waals surface area contributed by atoms with Crippen LogP contribution in [0, 0.1) is 5.92 Å². The summed E-state index contributed by atoms with van der Waals surface area (Å²) in [6.07, 6.45) is 8.53. The maximum atomic E-state index is 4.49. The van der Waals surface area contributed by atoms with Gasteiger partial charge in [-0.25, -0.2) is 9.97 Å². The first-order chi connectivity index (χ1) is 9.25. The summed E-state index contributed by atoms with van der Waals surface area (Å²) < 4.78 is 0. The van der Waals surface area contributed by atoms with Crippen LogP contribution >= 0.6 is 0 Å². The Hall–Kier alpha value is -1.65. The van der Waals surface area contributed by atoms with Crippen molar-refractivity contribution >= 4 is 16.9 Å². The Labute approximate surface area is 113 Å². The zero-order valence-electron chi connectivity index (χ0n) is 11.6. The highest BCUT2D eigenvalue weighted by Crippen LogP contribution is 2.31. The van der Waals surface area contributed by atoms with Crippen molar-refractivity contribution in [1.29, 1.82) is 0 Å². The number of aromatic amines is 1. The highest BCUT2D eigenvalue weighted by molar-refractivity contribution is 5.86. The fourth-order valence-electron chi connectivity index (χ4n) is 2.92. The molecule has 1 aliphatic heterocycles. The fourth-order valence-corrected chi connectivity index (χ4v) is 2.92. The number of nitrogens with one attached hydrogen (secondary N) is 1. The largest absolute Gasteiger partial charge is 0.353 e. The molecule has 0 aliphatic carbocycles. The topological polar surface area (TPSA) is 57.7 Å². The van der Waals surface area contributed by atoms with Gasteiger partial charge in [-0.2, -0.15) is 5.10 Å². The van der Waals surface area contributed by atoms with Gasteiger partial charge in [-0.3, -0.25) is 5.10 Å². The van der Waals surface area contributed by atoms with Crippen LogP contribution in [0.3, 0.4) is 0 Å². The average molecular weight is 259 g/mol. The number of aromatic nitrogens is 4. The van der Waals surface area contributed by atoms with Gasteiger partial charge in [0.05, 0.1) is 11.6 Å². The summed E-state index contributed by atoms with van der Waals surface area (Å²) in [5.41, 5.74) is 0.833. The molecular weight excluding hydrogens is 238 g/mol. The highest BCUT2D eigenvalue weighted by Gasteiger charge is 2.27. The van der Waals surface area contributed by atoms with Crippen molar-refractivity contribution < 1.29 is 0 Å². The third kappa shape index (κ3) is 2.41. The van der Waals surface area contributed by atoms with Crippen LogP contribution in [0.2, 0.25) is 0 Å². The van der Waals surface area contributed by atoms with Crippen LogP contribution in [0.15, 0.2) is 12.5 Å². The molecule has 1 atom stereocenters. The summed E-state index contributed by atoms with van der Waals surface area (Å²) in [4.78, 5) is 11.2. The van der Waals surface area contributed by atoms with Crippen LogP contribution in [0.1, 0.15) is 39.5 Å².